The number of benzene rings is 2. The number of hydrogen-bond donors (Lipinski definition) is 1. The van der Waals surface area contributed by atoms with Crippen LogP contribution in [0.15, 0.2) is 41.3 Å². The fourth-order valence-corrected chi connectivity index (χ4v) is 4.03. The molecule has 1 fully saturated rings. The van der Waals surface area contributed by atoms with E-state index in [-0.39, 0.29) is 31.4 Å². The Bertz CT molecular complexity index is 1200. The van der Waals surface area contributed by atoms with Crippen molar-refractivity contribution < 1.29 is 23.4 Å². The highest BCUT2D eigenvalue weighted by molar-refractivity contribution is 7.89. The highest BCUT2D eigenvalue weighted by atomic mass is 35.5. The Kier molecular flexibility index (Phi) is 4.22. The van der Waals surface area contributed by atoms with Gasteiger partial charge < -0.3 is 10.1 Å². The average molecular weight is 430 g/mol. The molecule has 140 valence electrons. The molecule has 0 radical (unpaired) electrons. The number of piperazine rings is 1. The maximum atomic E-state index is 13.3. The second-order valence-electron chi connectivity index (χ2n) is 5.23. The molecule has 1 heterocycles. The molecule has 27 heavy (non-hydrogen) atoms. The minimum absolute atomic E-state index is 0.0633. The van der Waals surface area contributed by atoms with Crippen molar-refractivity contribution in [1.82, 2.24) is 9.62 Å². The molecule has 0 bridgehead atoms. The van der Waals surface area contributed by atoms with E-state index in [0.717, 1.165) is 6.07 Å². The maximum Gasteiger partial charge on any atom is 0.247 e. The Hall–Kier alpha value is -2.31. The lowest BCUT2D eigenvalue weighted by molar-refractivity contribution is -0.122. The Morgan fingerprint density at radius 3 is 2.59 bits per heavy atom. The van der Waals surface area contributed by atoms with Gasteiger partial charge in [0.25, 0.3) is 0 Å². The van der Waals surface area contributed by atoms with Gasteiger partial charge >= 0.3 is 0 Å². The number of nitriles is 1. The summed E-state index contributed by atoms with van der Waals surface area (Å²) in [4.78, 5) is 11.4. The summed E-state index contributed by atoms with van der Waals surface area (Å²) in [6.45, 7) is -6.62. The maximum absolute atomic E-state index is 13.3. The average Bonchev–Trinajstić information content (AvgIpc) is 2.64. The summed E-state index contributed by atoms with van der Waals surface area (Å²) in [5, 5.41) is 11.4. The molecule has 3 rings (SSSR count). The number of hydrogen-bond acceptors (Lipinski definition) is 5. The minimum Gasteiger partial charge on any atom is -0.456 e. The van der Waals surface area contributed by atoms with Crippen molar-refractivity contribution in [3.8, 4) is 17.6 Å². The van der Waals surface area contributed by atoms with E-state index in [1.807, 2.05) is 0 Å². The van der Waals surface area contributed by atoms with Gasteiger partial charge in [0.2, 0.25) is 15.9 Å². The molecule has 0 spiro atoms. The van der Waals surface area contributed by atoms with Gasteiger partial charge in [-0.15, -0.1) is 0 Å². The number of carbonyl (C=O) groups is 1. The monoisotopic (exact) mass is 429 g/mol. The van der Waals surface area contributed by atoms with Crippen LogP contribution in [0.5, 0.6) is 11.5 Å². The molecule has 7 nitrogen and oxygen atoms in total. The SMILES string of the molecule is [2H]C1([2H])CN(S(=O)(=O)c2cc(C#N)ccc2Oc2cc(Cl)cc(Cl)c2)C([2H])([2H])C(=O)N1. The standard InChI is InChI=1S/C17H13Cl2N3O4S/c18-12-6-13(19)8-14(7-12)26-15-2-1-11(9-20)5-16(15)27(24,25)22-4-3-21-17(23)10-22/h1-2,5-8H,3-4,10H2,(H,21,23)/i3D2,10D2. The highest BCUT2D eigenvalue weighted by Crippen LogP contribution is 2.34. The number of ether oxygens (including phenoxy) is 1. The van der Waals surface area contributed by atoms with Gasteiger partial charge in [-0.25, -0.2) is 8.42 Å². The first-order chi connectivity index (χ1) is 14.3. The molecule has 0 saturated carbocycles. The van der Waals surface area contributed by atoms with E-state index in [0.29, 0.717) is 0 Å². The lowest BCUT2D eigenvalue weighted by Gasteiger charge is -2.26. The van der Waals surface area contributed by atoms with E-state index in [4.69, 9.17) is 33.4 Å². The number of halogens is 2. The summed E-state index contributed by atoms with van der Waals surface area (Å²) >= 11 is 11.9. The first-order valence-electron chi connectivity index (χ1n) is 9.30. The number of nitrogens with one attached hydrogen (secondary N) is 1. The smallest absolute Gasteiger partial charge is 0.247 e. The van der Waals surface area contributed by atoms with Crippen LogP contribution in [0.1, 0.15) is 11.0 Å². The van der Waals surface area contributed by atoms with Gasteiger partial charge in [0.1, 0.15) is 16.4 Å². The van der Waals surface area contributed by atoms with E-state index in [9.17, 15) is 18.5 Å². The molecule has 2 aromatic carbocycles. The largest absolute Gasteiger partial charge is 0.456 e. The minimum atomic E-state index is -4.86. The van der Waals surface area contributed by atoms with Gasteiger partial charge in [0, 0.05) is 23.1 Å². The van der Waals surface area contributed by atoms with E-state index in [2.05, 4.69) is 0 Å². The van der Waals surface area contributed by atoms with Crippen molar-refractivity contribution in [2.75, 3.05) is 19.5 Å². The summed E-state index contributed by atoms with van der Waals surface area (Å²) < 4.78 is 63.6. The number of carbonyl (C=O) groups excluding carboxylic acids is 1. The van der Waals surface area contributed by atoms with Crippen LogP contribution in [0.2, 0.25) is 10.0 Å². The van der Waals surface area contributed by atoms with Gasteiger partial charge in [0.05, 0.1) is 23.6 Å². The second kappa shape index (κ2) is 7.74. The Labute approximate surface area is 171 Å². The first-order valence-corrected chi connectivity index (χ1v) is 9.49. The highest BCUT2D eigenvalue weighted by Gasteiger charge is 2.32. The number of amides is 1. The van der Waals surface area contributed by atoms with Crippen molar-refractivity contribution in [3.05, 3.63) is 52.0 Å². The van der Waals surface area contributed by atoms with Crippen LogP contribution in [0, 0.1) is 11.3 Å². The van der Waals surface area contributed by atoms with Crippen molar-refractivity contribution in [1.29, 1.82) is 5.26 Å². The fourth-order valence-electron chi connectivity index (χ4n) is 2.21. The number of sulfonamides is 1. The molecule has 0 atom stereocenters. The third kappa shape index (κ3) is 4.34. The normalized spacial score (nSPS) is 21.0. The number of rotatable bonds is 4. The summed E-state index contributed by atoms with van der Waals surface area (Å²) in [7, 11) is -4.86. The van der Waals surface area contributed by atoms with Gasteiger partial charge in [-0.2, -0.15) is 9.57 Å². The molecular formula is C17H13Cl2N3O4S. The van der Waals surface area contributed by atoms with Crippen molar-refractivity contribution in [2.24, 2.45) is 0 Å². The molecule has 1 aliphatic rings. The molecule has 1 aliphatic heterocycles. The first kappa shape index (κ1) is 14.7. The lowest BCUT2D eigenvalue weighted by atomic mass is 10.2. The van der Waals surface area contributed by atoms with Crippen LogP contribution < -0.4 is 10.1 Å². The topological polar surface area (TPSA) is 99.5 Å². The van der Waals surface area contributed by atoms with Crippen molar-refractivity contribution >= 4 is 39.1 Å². The third-order valence-electron chi connectivity index (χ3n) is 3.36. The molecular weight excluding hydrogens is 413 g/mol. The van der Waals surface area contributed by atoms with Crippen LogP contribution in [-0.2, 0) is 14.8 Å². The zero-order chi connectivity index (χ0) is 23.2. The Morgan fingerprint density at radius 2 is 1.93 bits per heavy atom. The molecule has 10 heteroatoms. The Morgan fingerprint density at radius 1 is 1.22 bits per heavy atom. The van der Waals surface area contributed by atoms with E-state index >= 15 is 0 Å². The molecule has 0 aliphatic carbocycles. The lowest BCUT2D eigenvalue weighted by Crippen LogP contribution is -2.49. The molecule has 1 amide bonds. The van der Waals surface area contributed by atoms with Crippen LogP contribution in [0.4, 0.5) is 0 Å². The van der Waals surface area contributed by atoms with Crippen molar-refractivity contribution in [2.45, 2.75) is 4.90 Å². The molecule has 1 saturated heterocycles. The molecule has 0 unspecified atom stereocenters. The zero-order valence-corrected chi connectivity index (χ0v) is 15.7. The van der Waals surface area contributed by atoms with Gasteiger partial charge in [0.15, 0.2) is 0 Å². The fraction of sp³-hybridized carbons (Fsp3) is 0.176. The predicted octanol–water partition coefficient (Wildman–Crippen LogP) is 2.78. The van der Waals surface area contributed by atoms with Crippen LogP contribution in [-0.4, -0.2) is 38.2 Å². The third-order valence-corrected chi connectivity index (χ3v) is 5.47. The van der Waals surface area contributed by atoms with Gasteiger partial charge in [-0.3, -0.25) is 4.79 Å². The Balaban J connectivity index is 2.15. The summed E-state index contributed by atoms with van der Waals surface area (Å²) in [6, 6.07) is 9.30. The van der Waals surface area contributed by atoms with Crippen LogP contribution in [0.3, 0.4) is 0 Å². The van der Waals surface area contributed by atoms with E-state index < -0.39 is 40.4 Å². The van der Waals surface area contributed by atoms with E-state index in [1.165, 1.54) is 30.3 Å². The van der Waals surface area contributed by atoms with E-state index in [1.54, 1.807) is 11.4 Å². The molecule has 0 aromatic heterocycles. The number of nitrogens with zero attached hydrogens (tertiary/aromatic N) is 2. The zero-order valence-electron chi connectivity index (χ0n) is 17.4. The van der Waals surface area contributed by atoms with Gasteiger partial charge in [-0.1, -0.05) is 23.2 Å². The van der Waals surface area contributed by atoms with Gasteiger partial charge in [-0.05, 0) is 36.4 Å². The summed E-state index contributed by atoms with van der Waals surface area (Å²) in [5.41, 5.74) is -0.0833. The molecule has 2 aromatic rings. The predicted molar refractivity (Wildman–Crippen MR) is 99.5 cm³/mol. The summed E-state index contributed by atoms with van der Waals surface area (Å²) in [5.74, 6) is -1.71. The van der Waals surface area contributed by atoms with Crippen molar-refractivity contribution in [3.63, 3.8) is 0 Å². The summed E-state index contributed by atoms with van der Waals surface area (Å²) in [6.07, 6.45) is 0. The van der Waals surface area contributed by atoms with Crippen LogP contribution in [0.25, 0.3) is 0 Å². The molecule has 1 N–H and O–H groups in total. The quantitative estimate of drug-likeness (QED) is 0.804. The van der Waals surface area contributed by atoms with Crippen LogP contribution >= 0.6 is 23.2 Å². The second-order valence-corrected chi connectivity index (χ2v) is 7.94.